The lowest BCUT2D eigenvalue weighted by Gasteiger charge is -2.06. The first kappa shape index (κ1) is 12.2. The molecule has 0 amide bonds. The minimum Gasteiger partial charge on any atom is -0.258 e. The van der Waals surface area contributed by atoms with E-state index in [1.54, 1.807) is 30.3 Å². The van der Waals surface area contributed by atoms with Crippen molar-refractivity contribution in [2.75, 3.05) is 0 Å². The van der Waals surface area contributed by atoms with E-state index in [1.165, 1.54) is 12.1 Å². The second-order valence-corrected chi connectivity index (χ2v) is 3.94. The Morgan fingerprint density at radius 1 is 1.22 bits per heavy atom. The molecule has 3 nitrogen and oxygen atoms in total. The van der Waals surface area contributed by atoms with Crippen LogP contribution in [0.3, 0.4) is 0 Å². The Balaban J connectivity index is 2.55. The Morgan fingerprint density at radius 2 is 1.94 bits per heavy atom. The molecular formula is C14H12FNO2. The molecule has 2 aromatic carbocycles. The molecule has 0 N–H and O–H groups in total. The Labute approximate surface area is 104 Å². The molecule has 92 valence electrons. The molecule has 0 fully saturated rings. The summed E-state index contributed by atoms with van der Waals surface area (Å²) >= 11 is 0. The lowest BCUT2D eigenvalue weighted by Crippen LogP contribution is -1.93. The number of benzene rings is 2. The highest BCUT2D eigenvalue weighted by Gasteiger charge is 2.12. The highest BCUT2D eigenvalue weighted by atomic mass is 19.1. The Kier molecular flexibility index (Phi) is 3.37. The van der Waals surface area contributed by atoms with Crippen LogP contribution in [0.2, 0.25) is 0 Å². The van der Waals surface area contributed by atoms with Gasteiger partial charge in [-0.2, -0.15) is 0 Å². The van der Waals surface area contributed by atoms with E-state index in [1.807, 2.05) is 6.92 Å². The van der Waals surface area contributed by atoms with Crippen LogP contribution < -0.4 is 0 Å². The Hall–Kier alpha value is -2.23. The summed E-state index contributed by atoms with van der Waals surface area (Å²) in [7, 11) is 0. The summed E-state index contributed by atoms with van der Waals surface area (Å²) in [4.78, 5) is 10.2. The number of nitro benzene ring substituents is 1. The molecular weight excluding hydrogens is 233 g/mol. The van der Waals surface area contributed by atoms with Crippen molar-refractivity contribution in [1.29, 1.82) is 0 Å². The fourth-order valence-corrected chi connectivity index (χ4v) is 1.86. The third-order valence-electron chi connectivity index (χ3n) is 2.83. The van der Waals surface area contributed by atoms with E-state index in [0.29, 0.717) is 23.1 Å². The van der Waals surface area contributed by atoms with E-state index >= 15 is 0 Å². The largest absolute Gasteiger partial charge is 0.270 e. The van der Waals surface area contributed by atoms with Crippen molar-refractivity contribution in [3.63, 3.8) is 0 Å². The van der Waals surface area contributed by atoms with Crippen LogP contribution in [0, 0.1) is 15.9 Å². The zero-order valence-corrected chi connectivity index (χ0v) is 9.89. The fourth-order valence-electron chi connectivity index (χ4n) is 1.86. The van der Waals surface area contributed by atoms with E-state index in [0.717, 1.165) is 0 Å². The molecule has 0 spiro atoms. The fraction of sp³-hybridized carbons (Fsp3) is 0.143. The van der Waals surface area contributed by atoms with Gasteiger partial charge in [-0.1, -0.05) is 37.3 Å². The van der Waals surface area contributed by atoms with Gasteiger partial charge in [0.25, 0.3) is 5.69 Å². The first-order chi connectivity index (χ1) is 8.63. The van der Waals surface area contributed by atoms with Gasteiger partial charge in [-0.3, -0.25) is 10.1 Å². The molecule has 18 heavy (non-hydrogen) atoms. The molecule has 0 bridgehead atoms. The molecule has 0 saturated heterocycles. The molecule has 0 heterocycles. The molecule has 2 aromatic rings. The molecule has 0 radical (unpaired) electrons. The maximum absolute atomic E-state index is 14.1. The van der Waals surface area contributed by atoms with Gasteiger partial charge < -0.3 is 0 Å². The third-order valence-corrected chi connectivity index (χ3v) is 2.83. The first-order valence-corrected chi connectivity index (χ1v) is 5.65. The van der Waals surface area contributed by atoms with Crippen LogP contribution >= 0.6 is 0 Å². The van der Waals surface area contributed by atoms with Crippen molar-refractivity contribution >= 4 is 5.69 Å². The van der Waals surface area contributed by atoms with Gasteiger partial charge in [0.05, 0.1) is 4.92 Å². The molecule has 2 rings (SSSR count). The zero-order chi connectivity index (χ0) is 13.1. The SMILES string of the molecule is CCc1cccc(-c2cccc([N+](=O)[O-])c2)c1F. The highest BCUT2D eigenvalue weighted by Crippen LogP contribution is 2.27. The molecule has 0 saturated carbocycles. The molecule has 4 heteroatoms. The first-order valence-electron chi connectivity index (χ1n) is 5.65. The van der Waals surface area contributed by atoms with Crippen molar-refractivity contribution in [2.24, 2.45) is 0 Å². The number of halogens is 1. The zero-order valence-electron chi connectivity index (χ0n) is 9.89. The van der Waals surface area contributed by atoms with Crippen molar-refractivity contribution in [1.82, 2.24) is 0 Å². The second-order valence-electron chi connectivity index (χ2n) is 3.94. The standard InChI is InChI=1S/C14H12FNO2/c1-2-10-5-4-8-13(14(10)15)11-6-3-7-12(9-11)16(17)18/h3-9H,2H2,1H3. The van der Waals surface area contributed by atoms with Crippen LogP contribution in [0.15, 0.2) is 42.5 Å². The van der Waals surface area contributed by atoms with Gasteiger partial charge in [-0.15, -0.1) is 0 Å². The van der Waals surface area contributed by atoms with Gasteiger partial charge in [-0.05, 0) is 17.5 Å². The number of nitrogens with zero attached hydrogens (tertiary/aromatic N) is 1. The number of hydrogen-bond donors (Lipinski definition) is 0. The Bertz CT molecular complexity index is 596. The van der Waals surface area contributed by atoms with Crippen LogP contribution in [0.25, 0.3) is 11.1 Å². The van der Waals surface area contributed by atoms with Gasteiger partial charge in [0, 0.05) is 17.7 Å². The van der Waals surface area contributed by atoms with Crippen molar-refractivity contribution in [3.05, 3.63) is 64.0 Å². The van der Waals surface area contributed by atoms with E-state index in [9.17, 15) is 14.5 Å². The van der Waals surface area contributed by atoms with E-state index in [4.69, 9.17) is 0 Å². The summed E-state index contributed by atoms with van der Waals surface area (Å²) in [6.45, 7) is 1.87. The van der Waals surface area contributed by atoms with Crippen LogP contribution in [-0.2, 0) is 6.42 Å². The number of hydrogen-bond acceptors (Lipinski definition) is 2. The van der Waals surface area contributed by atoms with Gasteiger partial charge in [0.2, 0.25) is 0 Å². The van der Waals surface area contributed by atoms with Gasteiger partial charge in [0.15, 0.2) is 0 Å². The molecule has 0 atom stereocenters. The molecule has 0 aliphatic rings. The predicted octanol–water partition coefficient (Wildman–Crippen LogP) is 3.96. The van der Waals surface area contributed by atoms with Crippen molar-refractivity contribution < 1.29 is 9.31 Å². The van der Waals surface area contributed by atoms with Crippen LogP contribution in [0.5, 0.6) is 0 Å². The van der Waals surface area contributed by atoms with E-state index < -0.39 is 4.92 Å². The summed E-state index contributed by atoms with van der Waals surface area (Å²) in [6.07, 6.45) is 0.592. The van der Waals surface area contributed by atoms with Crippen LogP contribution in [0.4, 0.5) is 10.1 Å². The van der Waals surface area contributed by atoms with E-state index in [-0.39, 0.29) is 11.5 Å². The molecule has 0 aliphatic carbocycles. The van der Waals surface area contributed by atoms with Gasteiger partial charge in [-0.25, -0.2) is 4.39 Å². The van der Waals surface area contributed by atoms with Crippen LogP contribution in [-0.4, -0.2) is 4.92 Å². The number of non-ortho nitro benzene ring substituents is 1. The van der Waals surface area contributed by atoms with Gasteiger partial charge in [0.1, 0.15) is 5.82 Å². The van der Waals surface area contributed by atoms with Crippen molar-refractivity contribution in [2.45, 2.75) is 13.3 Å². The quantitative estimate of drug-likeness (QED) is 0.606. The summed E-state index contributed by atoms with van der Waals surface area (Å²) in [5.74, 6) is -0.305. The van der Waals surface area contributed by atoms with Gasteiger partial charge >= 0.3 is 0 Å². The minimum absolute atomic E-state index is 0.0335. The average molecular weight is 245 g/mol. The summed E-state index contributed by atoms with van der Waals surface area (Å²) < 4.78 is 14.1. The molecule has 0 aliphatic heterocycles. The average Bonchev–Trinajstić information content (AvgIpc) is 2.39. The monoisotopic (exact) mass is 245 g/mol. The Morgan fingerprint density at radius 3 is 2.61 bits per heavy atom. The highest BCUT2D eigenvalue weighted by molar-refractivity contribution is 5.67. The predicted molar refractivity (Wildman–Crippen MR) is 67.9 cm³/mol. The molecule has 0 unspecified atom stereocenters. The summed E-state index contributed by atoms with van der Waals surface area (Å²) in [5, 5.41) is 10.7. The summed E-state index contributed by atoms with van der Waals surface area (Å²) in [6, 6.07) is 11.1. The third kappa shape index (κ3) is 2.22. The van der Waals surface area contributed by atoms with E-state index in [2.05, 4.69) is 0 Å². The topological polar surface area (TPSA) is 43.1 Å². The maximum atomic E-state index is 14.1. The lowest BCUT2D eigenvalue weighted by molar-refractivity contribution is -0.384. The second kappa shape index (κ2) is 4.96. The number of nitro groups is 1. The lowest BCUT2D eigenvalue weighted by atomic mass is 10.0. The maximum Gasteiger partial charge on any atom is 0.270 e. The number of rotatable bonds is 3. The smallest absolute Gasteiger partial charge is 0.258 e. The number of aryl methyl sites for hydroxylation is 1. The minimum atomic E-state index is -0.481. The van der Waals surface area contributed by atoms with Crippen molar-refractivity contribution in [3.8, 4) is 11.1 Å². The normalized spacial score (nSPS) is 10.3. The summed E-state index contributed by atoms with van der Waals surface area (Å²) in [5.41, 5.74) is 1.50. The van der Waals surface area contributed by atoms with Crippen LogP contribution in [0.1, 0.15) is 12.5 Å². The molecule has 0 aromatic heterocycles.